The van der Waals surface area contributed by atoms with Gasteiger partial charge in [-0.05, 0) is 25.7 Å². The van der Waals surface area contributed by atoms with Crippen LogP contribution in [0.25, 0.3) is 0 Å². The smallest absolute Gasteiger partial charge is 0.318 e. The zero-order valence-electron chi connectivity index (χ0n) is 11.5. The second kappa shape index (κ2) is 4.79. The van der Waals surface area contributed by atoms with E-state index in [1.54, 1.807) is 11.0 Å². The van der Waals surface area contributed by atoms with Crippen LogP contribution in [0.15, 0.2) is 12.7 Å². The van der Waals surface area contributed by atoms with Crippen LogP contribution in [-0.2, 0) is 4.79 Å². The first-order chi connectivity index (χ1) is 8.94. The Morgan fingerprint density at radius 2 is 2.21 bits per heavy atom. The van der Waals surface area contributed by atoms with Gasteiger partial charge in [0.25, 0.3) is 0 Å². The molecule has 1 aliphatic carbocycles. The summed E-state index contributed by atoms with van der Waals surface area (Å²) in [7, 11) is 0. The first-order valence-electron chi connectivity index (χ1n) is 6.67. The second-order valence-electron chi connectivity index (χ2n) is 5.73. The van der Waals surface area contributed by atoms with E-state index in [4.69, 9.17) is 5.41 Å². The van der Waals surface area contributed by atoms with Crippen LogP contribution in [0.5, 0.6) is 0 Å². The molecule has 19 heavy (non-hydrogen) atoms. The summed E-state index contributed by atoms with van der Waals surface area (Å²) in [5.41, 5.74) is -0.753. The number of carbonyl (C=O) groups excluding carboxylic acids is 2. The quantitative estimate of drug-likeness (QED) is 0.597. The van der Waals surface area contributed by atoms with Crippen molar-refractivity contribution in [3.63, 3.8) is 0 Å². The number of urea groups is 1. The average Bonchev–Trinajstić information content (AvgIpc) is 2.95. The van der Waals surface area contributed by atoms with E-state index >= 15 is 0 Å². The highest BCUT2D eigenvalue weighted by molar-refractivity contribution is 5.95. The maximum atomic E-state index is 12.3. The van der Waals surface area contributed by atoms with Gasteiger partial charge in [0, 0.05) is 18.7 Å². The fourth-order valence-corrected chi connectivity index (χ4v) is 2.95. The number of nitrogens with zero attached hydrogens (tertiary/aromatic N) is 1. The molecule has 0 aromatic carbocycles. The predicted octanol–water partition coefficient (Wildman–Crippen LogP) is 1.59. The number of nitrogens with one attached hydrogen (secondary N) is 2. The largest absolute Gasteiger partial charge is 0.325 e. The molecule has 0 aromatic heterocycles. The number of ketones is 1. The number of carbonyl (C=O) groups is 2. The van der Waals surface area contributed by atoms with Crippen LogP contribution in [-0.4, -0.2) is 41.1 Å². The molecule has 1 aliphatic heterocycles. The van der Waals surface area contributed by atoms with Gasteiger partial charge in [0.2, 0.25) is 0 Å². The van der Waals surface area contributed by atoms with Crippen molar-refractivity contribution in [1.29, 1.82) is 5.41 Å². The molecule has 2 fully saturated rings. The van der Waals surface area contributed by atoms with Gasteiger partial charge < -0.3 is 15.6 Å². The lowest BCUT2D eigenvalue weighted by Crippen LogP contribution is -2.51. The SMILES string of the molecule is C=CC1CC1(NC(=O)N1CC(C)CC1C=N)C(C)=O. The summed E-state index contributed by atoms with van der Waals surface area (Å²) in [6, 6.07) is -0.391. The zero-order chi connectivity index (χ0) is 14.2. The second-order valence-corrected chi connectivity index (χ2v) is 5.73. The van der Waals surface area contributed by atoms with Gasteiger partial charge in [0.1, 0.15) is 5.54 Å². The molecule has 4 atom stereocenters. The van der Waals surface area contributed by atoms with E-state index in [0.29, 0.717) is 18.9 Å². The predicted molar refractivity (Wildman–Crippen MR) is 73.3 cm³/mol. The van der Waals surface area contributed by atoms with Gasteiger partial charge in [0.05, 0.1) is 6.04 Å². The molecule has 5 nitrogen and oxygen atoms in total. The molecule has 104 valence electrons. The molecular formula is C14H21N3O2. The Kier molecular flexibility index (Phi) is 3.47. The highest BCUT2D eigenvalue weighted by Crippen LogP contribution is 2.45. The highest BCUT2D eigenvalue weighted by atomic mass is 16.2. The fourth-order valence-electron chi connectivity index (χ4n) is 2.95. The van der Waals surface area contributed by atoms with Crippen molar-refractivity contribution < 1.29 is 9.59 Å². The van der Waals surface area contributed by atoms with Gasteiger partial charge >= 0.3 is 6.03 Å². The van der Waals surface area contributed by atoms with Crippen molar-refractivity contribution in [2.45, 2.75) is 38.3 Å². The van der Waals surface area contributed by atoms with Crippen LogP contribution in [0.2, 0.25) is 0 Å². The average molecular weight is 263 g/mol. The number of rotatable bonds is 4. The molecule has 1 saturated heterocycles. The summed E-state index contributed by atoms with van der Waals surface area (Å²) >= 11 is 0. The molecule has 5 heteroatoms. The Bertz CT molecular complexity index is 434. The van der Waals surface area contributed by atoms with E-state index in [1.165, 1.54) is 13.1 Å². The first kappa shape index (κ1) is 13.8. The monoisotopic (exact) mass is 263 g/mol. The molecule has 0 bridgehead atoms. The third-order valence-corrected chi connectivity index (χ3v) is 4.26. The van der Waals surface area contributed by atoms with E-state index in [-0.39, 0.29) is 23.8 Å². The van der Waals surface area contributed by atoms with Crippen molar-refractivity contribution >= 4 is 18.0 Å². The fraction of sp³-hybridized carbons (Fsp3) is 0.643. The summed E-state index contributed by atoms with van der Waals surface area (Å²) < 4.78 is 0. The van der Waals surface area contributed by atoms with Crippen molar-refractivity contribution in [2.75, 3.05) is 6.54 Å². The van der Waals surface area contributed by atoms with Crippen molar-refractivity contribution in [3.8, 4) is 0 Å². The van der Waals surface area contributed by atoms with Crippen LogP contribution in [0.3, 0.4) is 0 Å². The Morgan fingerprint density at radius 3 is 2.68 bits per heavy atom. The van der Waals surface area contributed by atoms with Crippen LogP contribution in [0, 0.1) is 17.2 Å². The van der Waals surface area contributed by atoms with Gasteiger partial charge in [-0.2, -0.15) is 0 Å². The molecular weight excluding hydrogens is 242 g/mol. The van der Waals surface area contributed by atoms with Crippen LogP contribution in [0.1, 0.15) is 26.7 Å². The molecule has 1 heterocycles. The lowest BCUT2D eigenvalue weighted by atomic mass is 10.1. The molecule has 0 aromatic rings. The Labute approximate surface area is 113 Å². The molecule has 0 radical (unpaired) electrons. The van der Waals surface area contributed by atoms with E-state index < -0.39 is 5.54 Å². The van der Waals surface area contributed by atoms with Gasteiger partial charge in [-0.15, -0.1) is 6.58 Å². The van der Waals surface area contributed by atoms with E-state index in [1.807, 2.05) is 0 Å². The number of amides is 2. The maximum absolute atomic E-state index is 12.3. The Balaban J connectivity index is 2.07. The lowest BCUT2D eigenvalue weighted by Gasteiger charge is -2.25. The Morgan fingerprint density at radius 1 is 1.53 bits per heavy atom. The number of Topliss-reactive ketones (excluding diaryl/α,β-unsaturated/α-hetero) is 1. The molecule has 2 amide bonds. The van der Waals surface area contributed by atoms with Crippen molar-refractivity contribution in [2.24, 2.45) is 11.8 Å². The maximum Gasteiger partial charge on any atom is 0.318 e. The molecule has 1 saturated carbocycles. The summed E-state index contributed by atoms with van der Waals surface area (Å²) in [5.74, 6) is 0.400. The molecule has 0 spiro atoms. The zero-order valence-corrected chi connectivity index (χ0v) is 11.5. The molecule has 4 unspecified atom stereocenters. The van der Waals surface area contributed by atoms with E-state index in [2.05, 4.69) is 18.8 Å². The Hall–Kier alpha value is -1.65. The van der Waals surface area contributed by atoms with E-state index in [9.17, 15) is 9.59 Å². The standard InChI is InChI=1S/C14H21N3O2/c1-4-11-6-14(11,10(3)18)16-13(19)17-8-9(2)5-12(17)7-15/h4,7,9,11-12,15H,1,5-6,8H2,2-3H3,(H,16,19). The van der Waals surface area contributed by atoms with Crippen LogP contribution >= 0.6 is 0 Å². The minimum Gasteiger partial charge on any atom is -0.325 e. The van der Waals surface area contributed by atoms with Gasteiger partial charge in [-0.25, -0.2) is 4.79 Å². The number of likely N-dealkylation sites (tertiary alicyclic amines) is 1. The van der Waals surface area contributed by atoms with Crippen molar-refractivity contribution in [1.82, 2.24) is 10.2 Å². The minimum atomic E-state index is -0.753. The van der Waals surface area contributed by atoms with Crippen LogP contribution < -0.4 is 5.32 Å². The van der Waals surface area contributed by atoms with Crippen LogP contribution in [0.4, 0.5) is 4.79 Å². The molecule has 2 aliphatic rings. The lowest BCUT2D eigenvalue weighted by molar-refractivity contribution is -0.120. The third-order valence-electron chi connectivity index (χ3n) is 4.26. The summed E-state index contributed by atoms with van der Waals surface area (Å²) in [5, 5.41) is 10.2. The summed E-state index contributed by atoms with van der Waals surface area (Å²) in [6.07, 6.45) is 4.48. The first-order valence-corrected chi connectivity index (χ1v) is 6.67. The topological polar surface area (TPSA) is 73.3 Å². The highest BCUT2D eigenvalue weighted by Gasteiger charge is 2.58. The third kappa shape index (κ3) is 2.29. The van der Waals surface area contributed by atoms with Gasteiger partial charge in [-0.3, -0.25) is 4.79 Å². The molecule has 2 rings (SSSR count). The normalized spacial score (nSPS) is 36.7. The van der Waals surface area contributed by atoms with Gasteiger partial charge in [0.15, 0.2) is 5.78 Å². The van der Waals surface area contributed by atoms with Crippen molar-refractivity contribution in [3.05, 3.63) is 12.7 Å². The molecule has 2 N–H and O–H groups in total. The summed E-state index contributed by atoms with van der Waals surface area (Å²) in [4.78, 5) is 25.7. The number of hydrogen-bond donors (Lipinski definition) is 2. The number of hydrogen-bond acceptors (Lipinski definition) is 3. The minimum absolute atomic E-state index is 0.0237. The van der Waals surface area contributed by atoms with Gasteiger partial charge in [-0.1, -0.05) is 13.0 Å². The van der Waals surface area contributed by atoms with E-state index in [0.717, 1.165) is 6.42 Å². The summed E-state index contributed by atoms with van der Waals surface area (Å²) in [6.45, 7) is 7.90.